The highest BCUT2D eigenvalue weighted by atomic mass is 35.5. The van der Waals surface area contributed by atoms with Crippen molar-refractivity contribution in [3.63, 3.8) is 0 Å². The summed E-state index contributed by atoms with van der Waals surface area (Å²) in [6, 6.07) is 14.1. The van der Waals surface area contributed by atoms with E-state index >= 15 is 0 Å². The Morgan fingerprint density at radius 1 is 1.12 bits per heavy atom. The lowest BCUT2D eigenvalue weighted by atomic mass is 9.77. The molecule has 0 bridgehead atoms. The highest BCUT2D eigenvalue weighted by Crippen LogP contribution is 2.37. The number of hydrogen-bond acceptors (Lipinski definition) is 3. The zero-order valence-electron chi connectivity index (χ0n) is 15.5. The Labute approximate surface area is 162 Å². The summed E-state index contributed by atoms with van der Waals surface area (Å²) in [6.07, 6.45) is 8.31. The zero-order chi connectivity index (χ0) is 17.6. The van der Waals surface area contributed by atoms with Crippen LogP contribution in [0.25, 0.3) is 0 Å². The average molecular weight is 374 g/mol. The van der Waals surface area contributed by atoms with E-state index < -0.39 is 0 Å². The fraction of sp³-hybridized carbons (Fsp3) is 0.429. The van der Waals surface area contributed by atoms with E-state index in [0.29, 0.717) is 5.92 Å². The molecular weight excluding hydrogens is 346 g/mol. The molecule has 3 unspecified atom stereocenters. The van der Waals surface area contributed by atoms with Crippen LogP contribution in [0, 0.1) is 5.92 Å². The van der Waals surface area contributed by atoms with Crippen LogP contribution in [0.4, 0.5) is 0 Å². The van der Waals surface area contributed by atoms with Crippen LogP contribution in [0.15, 0.2) is 54.9 Å². The topological polar surface area (TPSA) is 45.2 Å². The summed E-state index contributed by atoms with van der Waals surface area (Å²) < 4.78 is 0. The minimum Gasteiger partial charge on any atom is -0.349 e. The standard InChI is InChI=1S/C21H27N3O.ClH/c1-24(2)20(17-11-8-14-22-15-17)18-12-6-7-13-19(18)23-21(25)16-9-4-3-5-10-16;/h3-5,8-11,14-15,18-20H,6-7,12-13H2,1-2H3,(H,23,25);1H. The first-order chi connectivity index (χ1) is 12.2. The number of nitrogens with one attached hydrogen (secondary N) is 1. The van der Waals surface area contributed by atoms with Crippen LogP contribution >= 0.6 is 12.4 Å². The van der Waals surface area contributed by atoms with Gasteiger partial charge in [0.15, 0.2) is 0 Å². The van der Waals surface area contributed by atoms with Crippen LogP contribution in [0.2, 0.25) is 0 Å². The summed E-state index contributed by atoms with van der Waals surface area (Å²) in [5.41, 5.74) is 1.95. The smallest absolute Gasteiger partial charge is 0.251 e. The van der Waals surface area contributed by atoms with Gasteiger partial charge in [-0.3, -0.25) is 9.78 Å². The van der Waals surface area contributed by atoms with Crippen molar-refractivity contribution in [2.75, 3.05) is 14.1 Å². The van der Waals surface area contributed by atoms with Gasteiger partial charge >= 0.3 is 0 Å². The third kappa shape index (κ3) is 4.83. The number of carbonyl (C=O) groups is 1. The molecule has 26 heavy (non-hydrogen) atoms. The Bertz CT molecular complexity index is 678. The molecular formula is C21H28ClN3O. The quantitative estimate of drug-likeness (QED) is 0.858. The zero-order valence-corrected chi connectivity index (χ0v) is 16.3. The van der Waals surface area contributed by atoms with Gasteiger partial charge in [0, 0.05) is 30.0 Å². The summed E-state index contributed by atoms with van der Waals surface area (Å²) in [5, 5.41) is 3.30. The van der Waals surface area contributed by atoms with Crippen LogP contribution in [-0.4, -0.2) is 35.9 Å². The van der Waals surface area contributed by atoms with E-state index in [1.165, 1.54) is 18.4 Å². The third-order valence-corrected chi connectivity index (χ3v) is 5.16. The molecule has 1 fully saturated rings. The van der Waals surface area contributed by atoms with Gasteiger partial charge in [0.05, 0.1) is 0 Å². The van der Waals surface area contributed by atoms with Gasteiger partial charge < -0.3 is 10.2 Å². The minimum absolute atomic E-state index is 0. The Kier molecular flexibility index (Phi) is 7.61. The molecule has 0 aliphatic heterocycles. The van der Waals surface area contributed by atoms with E-state index in [0.717, 1.165) is 18.4 Å². The molecule has 1 aromatic heterocycles. The largest absolute Gasteiger partial charge is 0.349 e. The molecule has 0 spiro atoms. The monoisotopic (exact) mass is 373 g/mol. The number of rotatable bonds is 5. The van der Waals surface area contributed by atoms with Crippen molar-refractivity contribution < 1.29 is 4.79 Å². The van der Waals surface area contributed by atoms with Crippen LogP contribution in [0.5, 0.6) is 0 Å². The van der Waals surface area contributed by atoms with Crippen molar-refractivity contribution in [2.24, 2.45) is 5.92 Å². The molecule has 1 aromatic carbocycles. The predicted molar refractivity (Wildman–Crippen MR) is 108 cm³/mol. The molecule has 2 aromatic rings. The highest BCUT2D eigenvalue weighted by Gasteiger charge is 2.35. The number of nitrogens with zero attached hydrogens (tertiary/aromatic N) is 2. The Balaban J connectivity index is 0.00000243. The Hall–Kier alpha value is -1.91. The third-order valence-electron chi connectivity index (χ3n) is 5.16. The van der Waals surface area contributed by atoms with E-state index in [-0.39, 0.29) is 30.4 Å². The van der Waals surface area contributed by atoms with E-state index in [4.69, 9.17) is 0 Å². The number of hydrogen-bond donors (Lipinski definition) is 1. The van der Waals surface area contributed by atoms with Crippen LogP contribution in [0.3, 0.4) is 0 Å². The summed E-state index contributed by atoms with van der Waals surface area (Å²) in [4.78, 5) is 19.2. The lowest BCUT2D eigenvalue weighted by Crippen LogP contribution is -2.46. The SMILES string of the molecule is CN(C)C(c1cccnc1)C1CCCCC1NC(=O)c1ccccc1.Cl. The second-order valence-electron chi connectivity index (χ2n) is 7.09. The van der Waals surface area contributed by atoms with Crippen molar-refractivity contribution >= 4 is 18.3 Å². The van der Waals surface area contributed by atoms with E-state index in [9.17, 15) is 4.79 Å². The fourth-order valence-corrected chi connectivity index (χ4v) is 4.04. The van der Waals surface area contributed by atoms with E-state index in [1.807, 2.05) is 48.8 Å². The number of pyridine rings is 1. The average Bonchev–Trinajstić information content (AvgIpc) is 2.64. The molecule has 1 aliphatic rings. The molecule has 1 amide bonds. The molecule has 4 nitrogen and oxygen atoms in total. The summed E-state index contributed by atoms with van der Waals surface area (Å²) in [7, 11) is 4.23. The summed E-state index contributed by atoms with van der Waals surface area (Å²) in [5.74, 6) is 0.418. The van der Waals surface area contributed by atoms with Gasteiger partial charge in [0.25, 0.3) is 5.91 Å². The molecule has 1 aliphatic carbocycles. The maximum Gasteiger partial charge on any atom is 0.251 e. The van der Waals surface area contributed by atoms with Gasteiger partial charge in [-0.2, -0.15) is 0 Å². The number of aromatic nitrogens is 1. The first-order valence-electron chi connectivity index (χ1n) is 9.09. The van der Waals surface area contributed by atoms with Gasteiger partial charge in [-0.25, -0.2) is 0 Å². The molecule has 1 saturated carbocycles. The molecule has 3 atom stereocenters. The molecule has 3 rings (SSSR count). The number of amides is 1. The second kappa shape index (κ2) is 9.70. The first kappa shape index (κ1) is 20.4. The lowest BCUT2D eigenvalue weighted by molar-refractivity contribution is 0.0845. The molecule has 1 N–H and O–H groups in total. The van der Waals surface area contributed by atoms with Gasteiger partial charge in [0.2, 0.25) is 0 Å². The fourth-order valence-electron chi connectivity index (χ4n) is 4.04. The van der Waals surface area contributed by atoms with Crippen molar-refractivity contribution in [1.82, 2.24) is 15.2 Å². The van der Waals surface area contributed by atoms with Gasteiger partial charge in [-0.1, -0.05) is 37.1 Å². The molecule has 5 heteroatoms. The normalized spacial score (nSPS) is 20.9. The lowest BCUT2D eigenvalue weighted by Gasteiger charge is -2.40. The first-order valence-corrected chi connectivity index (χ1v) is 9.09. The number of carbonyl (C=O) groups excluding carboxylic acids is 1. The Morgan fingerprint density at radius 2 is 1.85 bits per heavy atom. The number of halogens is 1. The van der Waals surface area contributed by atoms with Crippen LogP contribution < -0.4 is 5.32 Å². The van der Waals surface area contributed by atoms with Gasteiger partial charge in [-0.05, 0) is 56.6 Å². The summed E-state index contributed by atoms with van der Waals surface area (Å²) in [6.45, 7) is 0. The van der Waals surface area contributed by atoms with E-state index in [1.54, 1.807) is 0 Å². The second-order valence-corrected chi connectivity index (χ2v) is 7.09. The van der Waals surface area contributed by atoms with E-state index in [2.05, 4.69) is 35.4 Å². The van der Waals surface area contributed by atoms with Crippen molar-refractivity contribution in [1.29, 1.82) is 0 Å². The van der Waals surface area contributed by atoms with Crippen molar-refractivity contribution in [2.45, 2.75) is 37.8 Å². The molecule has 0 saturated heterocycles. The highest BCUT2D eigenvalue weighted by molar-refractivity contribution is 5.94. The Morgan fingerprint density at radius 3 is 2.50 bits per heavy atom. The maximum absolute atomic E-state index is 12.7. The minimum atomic E-state index is 0. The van der Waals surface area contributed by atoms with Crippen molar-refractivity contribution in [3.05, 3.63) is 66.0 Å². The predicted octanol–water partition coefficient (Wildman–Crippen LogP) is 4.09. The summed E-state index contributed by atoms with van der Waals surface area (Å²) >= 11 is 0. The van der Waals surface area contributed by atoms with Crippen LogP contribution in [0.1, 0.15) is 47.6 Å². The van der Waals surface area contributed by atoms with Gasteiger partial charge in [-0.15, -0.1) is 12.4 Å². The molecule has 140 valence electrons. The maximum atomic E-state index is 12.7. The molecule has 0 radical (unpaired) electrons. The van der Waals surface area contributed by atoms with Crippen molar-refractivity contribution in [3.8, 4) is 0 Å². The molecule has 1 heterocycles. The van der Waals surface area contributed by atoms with Crippen LogP contribution in [-0.2, 0) is 0 Å². The van der Waals surface area contributed by atoms with Gasteiger partial charge in [0.1, 0.15) is 0 Å². The number of benzene rings is 1.